The molecular formula is C36H44F2N8O2. The summed E-state index contributed by atoms with van der Waals surface area (Å²) in [7, 11) is 3.80. The second-order valence-corrected chi connectivity index (χ2v) is 13.5. The van der Waals surface area contributed by atoms with Gasteiger partial charge in [-0.15, -0.1) is 0 Å². The van der Waals surface area contributed by atoms with Gasteiger partial charge < -0.3 is 25.6 Å². The van der Waals surface area contributed by atoms with Crippen molar-refractivity contribution in [2.24, 2.45) is 11.7 Å². The fraction of sp³-hybridized carbons (Fsp3) is 0.444. The largest absolute Gasteiger partial charge is 0.380 e. The zero-order valence-corrected chi connectivity index (χ0v) is 28.0. The quantitative estimate of drug-likeness (QED) is 0.157. The van der Waals surface area contributed by atoms with Crippen LogP contribution < -0.4 is 11.1 Å². The topological polar surface area (TPSA) is 125 Å². The van der Waals surface area contributed by atoms with E-state index in [1.165, 1.54) is 12.1 Å². The Morgan fingerprint density at radius 2 is 1.85 bits per heavy atom. The van der Waals surface area contributed by atoms with Crippen molar-refractivity contribution in [2.75, 3.05) is 45.7 Å². The van der Waals surface area contributed by atoms with E-state index in [9.17, 15) is 19.0 Å². The molecule has 0 bridgehead atoms. The molecule has 2 saturated heterocycles. The lowest BCUT2D eigenvalue weighted by molar-refractivity contribution is 0.0999. The molecule has 1 amide bonds. The molecule has 1 unspecified atom stereocenters. The molecule has 4 N–H and O–H groups in total. The van der Waals surface area contributed by atoms with Crippen LogP contribution >= 0.6 is 0 Å². The highest BCUT2D eigenvalue weighted by molar-refractivity contribution is 6.13. The maximum absolute atomic E-state index is 13.9. The number of nitrogens with two attached hydrogens (primary N) is 1. The molecule has 2 aliphatic heterocycles. The van der Waals surface area contributed by atoms with Crippen LogP contribution in [0.15, 0.2) is 42.6 Å². The number of ether oxygens (including phenoxy) is 1. The average molecular weight is 659 g/mol. The van der Waals surface area contributed by atoms with Crippen molar-refractivity contribution in [3.63, 3.8) is 0 Å². The maximum Gasteiger partial charge on any atom is 0.251 e. The summed E-state index contributed by atoms with van der Waals surface area (Å²) >= 11 is 0. The minimum absolute atomic E-state index is 0.000327. The number of nitrogens with one attached hydrogen (secondary N) is 2. The number of primary amides is 1. The van der Waals surface area contributed by atoms with Gasteiger partial charge in [0.15, 0.2) is 11.6 Å². The molecule has 6 rings (SSSR count). The number of hydrogen-bond donors (Lipinski definition) is 3. The van der Waals surface area contributed by atoms with E-state index in [0.717, 1.165) is 49.3 Å². The molecule has 4 heterocycles. The summed E-state index contributed by atoms with van der Waals surface area (Å²) in [5.74, 6) is -1.36. The Morgan fingerprint density at radius 3 is 2.52 bits per heavy atom. The molecule has 48 heavy (non-hydrogen) atoms. The second-order valence-electron chi connectivity index (χ2n) is 13.5. The molecule has 254 valence electrons. The van der Waals surface area contributed by atoms with Crippen LogP contribution in [0, 0.1) is 23.0 Å². The number of halogens is 2. The number of nitrogens with zero attached hydrogens (tertiary/aromatic N) is 5. The number of fused-ring (bicyclic) bond motifs is 1. The highest BCUT2D eigenvalue weighted by atomic mass is 19.2. The Kier molecular flexibility index (Phi) is 9.75. The van der Waals surface area contributed by atoms with Crippen LogP contribution in [0.25, 0.3) is 22.0 Å². The van der Waals surface area contributed by atoms with Crippen molar-refractivity contribution in [3.8, 4) is 11.1 Å². The first-order valence-corrected chi connectivity index (χ1v) is 16.6. The summed E-state index contributed by atoms with van der Waals surface area (Å²) in [6.07, 6.45) is 4.89. The normalized spacial score (nSPS) is 17.5. The fourth-order valence-electron chi connectivity index (χ4n) is 6.87. The van der Waals surface area contributed by atoms with Crippen LogP contribution in [0.2, 0.25) is 0 Å². The van der Waals surface area contributed by atoms with Crippen molar-refractivity contribution >= 4 is 28.5 Å². The number of carbonyl (C=O) groups is 1. The number of pyridine rings is 1. The Balaban J connectivity index is 1.51. The molecule has 2 aliphatic rings. The van der Waals surface area contributed by atoms with Crippen molar-refractivity contribution in [1.29, 1.82) is 5.41 Å². The summed E-state index contributed by atoms with van der Waals surface area (Å²) in [6.45, 7) is 7.49. The van der Waals surface area contributed by atoms with Crippen LogP contribution in [-0.4, -0.2) is 88.8 Å². The van der Waals surface area contributed by atoms with Crippen LogP contribution in [0.3, 0.4) is 0 Å². The van der Waals surface area contributed by atoms with Gasteiger partial charge in [0, 0.05) is 37.2 Å². The number of aromatic nitrogens is 3. The first-order valence-electron chi connectivity index (χ1n) is 16.6. The number of amidine groups is 1. The number of anilines is 1. The third kappa shape index (κ3) is 6.91. The van der Waals surface area contributed by atoms with Gasteiger partial charge in [0.2, 0.25) is 0 Å². The van der Waals surface area contributed by atoms with Gasteiger partial charge in [0.25, 0.3) is 5.91 Å². The zero-order chi connectivity index (χ0) is 34.1. The monoisotopic (exact) mass is 658 g/mol. The Bertz CT molecular complexity index is 1830. The number of piperidine rings is 1. The number of carbonyl (C=O) groups excluding carboxylic acids is 1. The molecule has 2 aromatic carbocycles. The standard InChI is InChI=1S/C36H44F2N8O2/c1-21(2)15-29-32(35(40)47)31(23-6-8-30-24(17-23)18-41-46(30)19-22-5-7-27(37)28(38)16-22)33(34(39)45-14-11-26(20-45)48-4)36(43-29)42-25-9-12-44(3)13-10-25/h5-8,16-18,21,25-26,39H,9-15,19-20H2,1-4H3,(H2,40,47)(H,42,43). The van der Waals surface area contributed by atoms with Gasteiger partial charge in [-0.2, -0.15) is 5.10 Å². The van der Waals surface area contributed by atoms with Crippen LogP contribution in [-0.2, 0) is 17.7 Å². The first kappa shape index (κ1) is 33.5. The highest BCUT2D eigenvalue weighted by Gasteiger charge is 2.33. The minimum Gasteiger partial charge on any atom is -0.380 e. The number of amides is 1. The Labute approximate surface area is 279 Å². The molecule has 10 nitrogen and oxygen atoms in total. The number of hydrogen-bond acceptors (Lipinski definition) is 7. The summed E-state index contributed by atoms with van der Waals surface area (Å²) in [5.41, 5.74) is 10.3. The van der Waals surface area contributed by atoms with E-state index < -0.39 is 17.5 Å². The number of methoxy groups -OCH3 is 1. The van der Waals surface area contributed by atoms with Gasteiger partial charge in [0.05, 0.1) is 41.2 Å². The number of likely N-dealkylation sites (tertiary alicyclic amines) is 2. The van der Waals surface area contributed by atoms with Crippen molar-refractivity contribution in [3.05, 3.63) is 76.6 Å². The third-order valence-electron chi connectivity index (χ3n) is 9.46. The number of benzene rings is 2. The smallest absolute Gasteiger partial charge is 0.251 e. The maximum atomic E-state index is 13.9. The van der Waals surface area contributed by atoms with Crippen molar-refractivity contribution in [2.45, 2.75) is 58.2 Å². The Hall–Kier alpha value is -4.42. The van der Waals surface area contributed by atoms with E-state index in [4.69, 9.17) is 15.5 Å². The Morgan fingerprint density at radius 1 is 1.08 bits per heavy atom. The summed E-state index contributed by atoms with van der Waals surface area (Å²) in [4.78, 5) is 22.8. The molecule has 0 spiro atoms. The fourth-order valence-corrected chi connectivity index (χ4v) is 6.87. The van der Waals surface area contributed by atoms with E-state index in [-0.39, 0.29) is 30.4 Å². The minimum atomic E-state index is -0.908. The van der Waals surface area contributed by atoms with E-state index in [1.54, 1.807) is 18.0 Å². The SMILES string of the molecule is COC1CCN(C(=N)c2c(NC3CCN(C)CC3)nc(CC(C)C)c(C(N)=O)c2-c2ccc3c(cnn3Cc3ccc(F)c(F)c3)c2)C1. The highest BCUT2D eigenvalue weighted by Crippen LogP contribution is 2.38. The lowest BCUT2D eigenvalue weighted by atomic mass is 9.89. The lowest BCUT2D eigenvalue weighted by Crippen LogP contribution is -2.38. The molecule has 0 radical (unpaired) electrons. The van der Waals surface area contributed by atoms with Gasteiger partial charge in [0.1, 0.15) is 11.7 Å². The van der Waals surface area contributed by atoms with Crippen LogP contribution in [0.5, 0.6) is 0 Å². The van der Waals surface area contributed by atoms with Crippen molar-refractivity contribution in [1.82, 2.24) is 24.6 Å². The van der Waals surface area contributed by atoms with Gasteiger partial charge in [-0.3, -0.25) is 14.9 Å². The van der Waals surface area contributed by atoms with E-state index in [2.05, 4.69) is 36.2 Å². The second kappa shape index (κ2) is 14.0. The molecule has 4 aromatic rings. The van der Waals surface area contributed by atoms with Gasteiger partial charge in [-0.1, -0.05) is 26.0 Å². The van der Waals surface area contributed by atoms with Gasteiger partial charge in [-0.05, 0) is 87.1 Å². The molecule has 0 aliphatic carbocycles. The molecule has 12 heteroatoms. The summed E-state index contributed by atoms with van der Waals surface area (Å²) < 4.78 is 34.9. The van der Waals surface area contributed by atoms with E-state index >= 15 is 0 Å². The predicted octanol–water partition coefficient (Wildman–Crippen LogP) is 5.27. The van der Waals surface area contributed by atoms with Gasteiger partial charge in [-0.25, -0.2) is 13.8 Å². The molecule has 1 atom stereocenters. The predicted molar refractivity (Wildman–Crippen MR) is 183 cm³/mol. The van der Waals surface area contributed by atoms with E-state index in [1.807, 2.05) is 23.1 Å². The molecule has 0 saturated carbocycles. The van der Waals surface area contributed by atoms with Gasteiger partial charge >= 0.3 is 0 Å². The summed E-state index contributed by atoms with van der Waals surface area (Å²) in [5, 5.41) is 18.6. The van der Waals surface area contributed by atoms with E-state index in [0.29, 0.717) is 58.8 Å². The summed E-state index contributed by atoms with van der Waals surface area (Å²) in [6, 6.07) is 9.73. The first-order chi connectivity index (χ1) is 23.0. The lowest BCUT2D eigenvalue weighted by Gasteiger charge is -2.32. The molecule has 2 aromatic heterocycles. The zero-order valence-electron chi connectivity index (χ0n) is 28.0. The molecular weight excluding hydrogens is 614 g/mol. The average Bonchev–Trinajstić information content (AvgIpc) is 3.70. The van der Waals surface area contributed by atoms with Crippen molar-refractivity contribution < 1.29 is 18.3 Å². The number of rotatable bonds is 10. The molecule has 2 fully saturated rings. The third-order valence-corrected chi connectivity index (χ3v) is 9.46. The van der Waals surface area contributed by atoms with Crippen LogP contribution in [0.1, 0.15) is 60.3 Å². The van der Waals surface area contributed by atoms with Crippen LogP contribution in [0.4, 0.5) is 14.6 Å².